The van der Waals surface area contributed by atoms with Crippen LogP contribution in [-0.2, 0) is 47.3 Å². The summed E-state index contributed by atoms with van der Waals surface area (Å²) in [4.78, 5) is 11.0. The molecule has 0 atom stereocenters. The zero-order valence-corrected chi connectivity index (χ0v) is 29.0. The van der Waals surface area contributed by atoms with Crippen molar-refractivity contribution < 1.29 is 35.2 Å². The van der Waals surface area contributed by atoms with Gasteiger partial charge in [0.25, 0.3) is 0 Å². The third-order valence-electron chi connectivity index (χ3n) is 5.99. The van der Waals surface area contributed by atoms with Gasteiger partial charge in [-0.2, -0.15) is 32.1 Å². The first-order chi connectivity index (χ1) is 22.6. The number of aryl methyl sites for hydroxylation is 8. The Morgan fingerprint density at radius 2 is 1.39 bits per heavy atom. The molecule has 0 aliphatic rings. The van der Waals surface area contributed by atoms with Gasteiger partial charge in [0, 0.05) is 60.8 Å². The van der Waals surface area contributed by atoms with Crippen LogP contribution in [0.3, 0.4) is 0 Å². The Morgan fingerprint density at radius 3 is 1.55 bits per heavy atom. The Morgan fingerprint density at radius 1 is 0.776 bits per heavy atom. The first-order valence-electron chi connectivity index (χ1n) is 14.4. The quantitative estimate of drug-likeness (QED) is 0.170. The molecule has 0 amide bonds. The number of alkyl halides is 5. The van der Waals surface area contributed by atoms with Crippen LogP contribution in [0.4, 0.5) is 26.3 Å². The van der Waals surface area contributed by atoms with Gasteiger partial charge in [-0.05, 0) is 62.6 Å². The third-order valence-corrected chi connectivity index (χ3v) is 5.99. The second kappa shape index (κ2) is 18.9. The van der Waals surface area contributed by atoms with Crippen LogP contribution in [0.25, 0.3) is 0 Å². The van der Waals surface area contributed by atoms with Gasteiger partial charge in [-0.3, -0.25) is 13.9 Å². The Labute approximate surface area is 280 Å². The van der Waals surface area contributed by atoms with E-state index < -0.39 is 29.2 Å². The minimum Gasteiger partial charge on any atom is -0.472 e. The van der Waals surface area contributed by atoms with Crippen LogP contribution < -0.4 is 5.69 Å². The average Bonchev–Trinajstić information content (AvgIpc) is 3.86. The second-order valence-electron chi connectivity index (χ2n) is 10.7. The topological polar surface area (TPSA) is 107 Å². The standard InChI is InChI=1S/C6H9F2N3O.C6H9N.C6H8O.C5H5F3N2.C5H6O.C4H5FN2/c1-6(7,8)4-9-11(3)5(12)10(4)2;1-6-3-4-7(2)5-6;1-5-3-4-7-6(5)2;1-10-3-4(2-9-10)5(6,7)8;1-5-2-3-6-4-5;1-7-3-4(5)2-6-7/h1-3H3;3-5H,1-2H3;3-4H,1-2H3;2-3H,1H3;2-4H,1H3;2-3H,1H3. The maximum atomic E-state index is 12.7. The molecular formula is C32H42F6N8O3. The molecule has 11 nitrogen and oxygen atoms in total. The molecule has 6 rings (SSSR count). The van der Waals surface area contributed by atoms with Crippen LogP contribution in [-0.4, -0.2) is 38.5 Å². The minimum absolute atomic E-state index is 0.289. The van der Waals surface area contributed by atoms with Crippen LogP contribution in [0.1, 0.15) is 40.8 Å². The summed E-state index contributed by atoms with van der Waals surface area (Å²) in [7, 11) is 7.73. The molecule has 0 spiro atoms. The zero-order chi connectivity index (χ0) is 37.5. The summed E-state index contributed by atoms with van der Waals surface area (Å²) >= 11 is 0. The van der Waals surface area contributed by atoms with Crippen molar-refractivity contribution in [1.29, 1.82) is 0 Å². The first kappa shape index (κ1) is 41.8. The molecule has 0 bridgehead atoms. The van der Waals surface area contributed by atoms with Crippen molar-refractivity contribution >= 4 is 0 Å². The average molecular weight is 701 g/mol. The van der Waals surface area contributed by atoms with Crippen molar-refractivity contribution in [3.8, 4) is 0 Å². The van der Waals surface area contributed by atoms with Crippen molar-refractivity contribution in [2.45, 2.75) is 46.7 Å². The molecule has 0 aliphatic heterocycles. The minimum atomic E-state index is -4.27. The molecule has 0 saturated carbocycles. The summed E-state index contributed by atoms with van der Waals surface area (Å²) in [6.45, 7) is 8.76. The van der Waals surface area contributed by atoms with Crippen molar-refractivity contribution in [2.24, 2.45) is 35.2 Å². The molecule has 0 aromatic carbocycles. The van der Waals surface area contributed by atoms with E-state index in [9.17, 15) is 31.1 Å². The molecule has 6 aromatic heterocycles. The molecular weight excluding hydrogens is 658 g/mol. The number of halogens is 6. The molecule has 0 aliphatic carbocycles. The highest BCUT2D eigenvalue weighted by Gasteiger charge is 2.32. The van der Waals surface area contributed by atoms with E-state index in [1.165, 1.54) is 54.9 Å². The highest BCUT2D eigenvalue weighted by Crippen LogP contribution is 2.28. The first-order valence-corrected chi connectivity index (χ1v) is 14.4. The Balaban J connectivity index is 0.000000299. The number of hydrogen-bond acceptors (Lipinski definition) is 6. The number of aromatic nitrogens is 8. The number of hydrogen-bond donors (Lipinski definition) is 0. The van der Waals surface area contributed by atoms with E-state index >= 15 is 0 Å². The van der Waals surface area contributed by atoms with E-state index in [4.69, 9.17) is 8.83 Å². The summed E-state index contributed by atoms with van der Waals surface area (Å²) in [5, 5.41) is 10.3. The molecule has 6 aromatic rings. The Hall–Kier alpha value is -5.22. The van der Waals surface area contributed by atoms with Crippen LogP contribution in [0.5, 0.6) is 0 Å². The van der Waals surface area contributed by atoms with Crippen molar-refractivity contribution in [3.63, 3.8) is 0 Å². The van der Waals surface area contributed by atoms with Gasteiger partial charge in [-0.15, -0.1) is 5.10 Å². The fraction of sp³-hybridized carbons (Fsp3) is 0.375. The van der Waals surface area contributed by atoms with Crippen molar-refractivity contribution in [3.05, 3.63) is 124 Å². The second-order valence-corrected chi connectivity index (χ2v) is 10.7. The molecule has 0 unspecified atom stereocenters. The van der Waals surface area contributed by atoms with Crippen LogP contribution >= 0.6 is 0 Å². The lowest BCUT2D eigenvalue weighted by Gasteiger charge is -2.06. The van der Waals surface area contributed by atoms with Gasteiger partial charge in [0.2, 0.25) is 5.82 Å². The molecule has 17 heteroatoms. The molecule has 0 radical (unpaired) electrons. The Kier molecular flexibility index (Phi) is 16.2. The summed E-state index contributed by atoms with van der Waals surface area (Å²) in [6, 6.07) is 5.95. The van der Waals surface area contributed by atoms with Crippen LogP contribution in [0.2, 0.25) is 0 Å². The lowest BCUT2D eigenvalue weighted by Crippen LogP contribution is -2.22. The van der Waals surface area contributed by atoms with Gasteiger partial charge in [-0.25, -0.2) is 13.9 Å². The summed E-state index contributed by atoms with van der Waals surface area (Å²) in [6.07, 6.45) is 9.11. The zero-order valence-electron chi connectivity index (χ0n) is 29.0. The largest absolute Gasteiger partial charge is 0.472 e. The maximum Gasteiger partial charge on any atom is 0.419 e. The molecule has 0 N–H and O–H groups in total. The monoisotopic (exact) mass is 700 g/mol. The number of nitrogens with zero attached hydrogens (tertiary/aromatic N) is 8. The normalized spacial score (nSPS) is 10.5. The van der Waals surface area contributed by atoms with Crippen molar-refractivity contribution in [2.75, 3.05) is 0 Å². The van der Waals surface area contributed by atoms with E-state index in [1.54, 1.807) is 25.8 Å². The van der Waals surface area contributed by atoms with Gasteiger partial charge in [0.15, 0.2) is 5.82 Å². The van der Waals surface area contributed by atoms with E-state index in [0.29, 0.717) is 6.92 Å². The predicted molar refractivity (Wildman–Crippen MR) is 171 cm³/mol. The predicted octanol–water partition coefficient (Wildman–Crippen LogP) is 7.05. The van der Waals surface area contributed by atoms with Crippen LogP contribution in [0.15, 0.2) is 87.8 Å². The van der Waals surface area contributed by atoms with Gasteiger partial charge in [-0.1, -0.05) is 0 Å². The van der Waals surface area contributed by atoms with E-state index in [0.717, 1.165) is 32.1 Å². The van der Waals surface area contributed by atoms with E-state index in [2.05, 4.69) is 34.5 Å². The number of rotatable bonds is 1. The molecule has 6 heterocycles. The van der Waals surface area contributed by atoms with E-state index in [1.807, 2.05) is 50.7 Å². The van der Waals surface area contributed by atoms with Gasteiger partial charge < -0.3 is 13.4 Å². The molecule has 0 saturated heterocycles. The summed E-state index contributed by atoms with van der Waals surface area (Å²) in [5.74, 6) is -2.87. The van der Waals surface area contributed by atoms with Crippen LogP contribution in [0, 0.1) is 33.5 Å². The van der Waals surface area contributed by atoms with Gasteiger partial charge in [0.05, 0.1) is 42.9 Å². The SMILES string of the molecule is Cc1ccn(C)c1.Cc1ccoc1.Cc1ccoc1C.Cn1cc(C(F)(F)F)cn1.Cn1cc(F)cn1.Cn1nc(C(C)(F)F)n(C)c1=O. The van der Waals surface area contributed by atoms with Gasteiger partial charge in [0.1, 0.15) is 5.76 Å². The summed E-state index contributed by atoms with van der Waals surface area (Å²) < 4.78 is 88.4. The number of furan rings is 2. The molecule has 0 fully saturated rings. The van der Waals surface area contributed by atoms with E-state index in [-0.39, 0.29) is 5.82 Å². The van der Waals surface area contributed by atoms with Gasteiger partial charge >= 0.3 is 17.8 Å². The lowest BCUT2D eigenvalue weighted by atomic mass is 10.3. The maximum absolute atomic E-state index is 12.7. The van der Waals surface area contributed by atoms with Crippen molar-refractivity contribution in [1.82, 2.24) is 38.5 Å². The smallest absolute Gasteiger partial charge is 0.419 e. The lowest BCUT2D eigenvalue weighted by molar-refractivity contribution is -0.137. The summed E-state index contributed by atoms with van der Waals surface area (Å²) in [5.41, 5.74) is 2.46. The molecule has 49 heavy (non-hydrogen) atoms. The fourth-order valence-electron chi connectivity index (χ4n) is 3.32. The third kappa shape index (κ3) is 16.0. The highest BCUT2D eigenvalue weighted by atomic mass is 19.4. The molecule has 270 valence electrons. The highest BCUT2D eigenvalue weighted by molar-refractivity contribution is 5.12. The Bertz CT molecular complexity index is 1750. The fourth-order valence-corrected chi connectivity index (χ4v) is 3.32.